The van der Waals surface area contributed by atoms with Gasteiger partial charge >= 0.3 is 0 Å². The monoisotopic (exact) mass is 264 g/mol. The van der Waals surface area contributed by atoms with Crippen LogP contribution >= 0.6 is 11.3 Å². The number of phenolic OH excluding ortho intramolecular Hbond substituents is 1. The Balaban J connectivity index is 2.05. The zero-order valence-electron chi connectivity index (χ0n) is 9.62. The summed E-state index contributed by atoms with van der Waals surface area (Å²) in [6.07, 6.45) is 1.49. The van der Waals surface area contributed by atoms with Gasteiger partial charge in [0.15, 0.2) is 0 Å². The van der Waals surface area contributed by atoms with Gasteiger partial charge in [0.25, 0.3) is 0 Å². The second-order valence-corrected chi connectivity index (χ2v) is 4.23. The molecule has 0 aliphatic heterocycles. The number of thiazole rings is 1. The molecule has 18 heavy (non-hydrogen) atoms. The van der Waals surface area contributed by atoms with E-state index in [2.05, 4.69) is 15.5 Å². The van der Waals surface area contributed by atoms with Crippen LogP contribution < -0.4 is 15.9 Å². The molecule has 0 aliphatic carbocycles. The number of phenols is 1. The molecule has 2 aromatic rings. The van der Waals surface area contributed by atoms with Gasteiger partial charge in [-0.1, -0.05) is 0 Å². The first kappa shape index (κ1) is 12.2. The molecule has 0 aliphatic rings. The van der Waals surface area contributed by atoms with Crippen molar-refractivity contribution in [1.29, 1.82) is 0 Å². The van der Waals surface area contributed by atoms with E-state index in [1.165, 1.54) is 30.7 Å². The molecule has 0 amide bonds. The topological polar surface area (TPSA) is 92.8 Å². The third-order valence-electron chi connectivity index (χ3n) is 2.12. The molecule has 0 saturated carbocycles. The molecule has 1 aromatic carbocycles. The van der Waals surface area contributed by atoms with Crippen molar-refractivity contribution in [2.75, 3.05) is 18.3 Å². The quantitative estimate of drug-likeness (QED) is 0.579. The summed E-state index contributed by atoms with van der Waals surface area (Å²) in [6, 6.07) is 4.96. The lowest BCUT2D eigenvalue weighted by Gasteiger charge is -2.02. The minimum Gasteiger partial charge on any atom is -0.507 e. The summed E-state index contributed by atoms with van der Waals surface area (Å²) in [7, 11) is 1.54. The molecule has 1 aromatic heterocycles. The smallest absolute Gasteiger partial charge is 0.205 e. The van der Waals surface area contributed by atoms with E-state index in [-0.39, 0.29) is 5.75 Å². The molecule has 0 fully saturated rings. The van der Waals surface area contributed by atoms with E-state index in [0.29, 0.717) is 22.3 Å². The Labute approximate surface area is 108 Å². The van der Waals surface area contributed by atoms with E-state index in [9.17, 15) is 5.11 Å². The molecule has 0 atom stereocenters. The van der Waals surface area contributed by atoms with Gasteiger partial charge in [0.05, 0.1) is 13.3 Å². The van der Waals surface area contributed by atoms with Crippen molar-refractivity contribution < 1.29 is 9.84 Å². The highest BCUT2D eigenvalue weighted by atomic mass is 32.1. The van der Waals surface area contributed by atoms with Crippen LogP contribution in [0.5, 0.6) is 11.5 Å². The molecule has 94 valence electrons. The summed E-state index contributed by atoms with van der Waals surface area (Å²) >= 11 is 1.35. The van der Waals surface area contributed by atoms with Crippen molar-refractivity contribution in [3.05, 3.63) is 29.1 Å². The largest absolute Gasteiger partial charge is 0.507 e. The van der Waals surface area contributed by atoms with Crippen LogP contribution in [-0.4, -0.2) is 23.4 Å². The number of ether oxygens (including phenoxy) is 1. The van der Waals surface area contributed by atoms with Crippen molar-refractivity contribution in [3.63, 3.8) is 0 Å². The number of aromatic hydroxyl groups is 1. The summed E-state index contributed by atoms with van der Waals surface area (Å²) < 4.78 is 4.98. The summed E-state index contributed by atoms with van der Waals surface area (Å²) in [5.74, 6) is 1.13. The Kier molecular flexibility index (Phi) is 3.63. The number of nitrogens with two attached hydrogens (primary N) is 1. The Morgan fingerprint density at radius 1 is 1.56 bits per heavy atom. The van der Waals surface area contributed by atoms with Crippen molar-refractivity contribution in [3.8, 4) is 11.5 Å². The fourth-order valence-electron chi connectivity index (χ4n) is 1.25. The lowest BCUT2D eigenvalue weighted by Crippen LogP contribution is -1.92. The minimum atomic E-state index is 0.0959. The molecule has 0 radical (unpaired) electrons. The van der Waals surface area contributed by atoms with Gasteiger partial charge in [0, 0.05) is 17.0 Å². The van der Waals surface area contributed by atoms with Crippen LogP contribution in [0.2, 0.25) is 0 Å². The van der Waals surface area contributed by atoms with Crippen LogP contribution in [0.25, 0.3) is 0 Å². The molecule has 2 rings (SSSR count). The van der Waals surface area contributed by atoms with Crippen LogP contribution in [0.15, 0.2) is 28.7 Å². The van der Waals surface area contributed by atoms with Crippen molar-refractivity contribution >= 4 is 28.5 Å². The minimum absolute atomic E-state index is 0.0959. The lowest BCUT2D eigenvalue weighted by molar-refractivity contribution is 0.407. The Hall–Kier alpha value is -2.28. The molecular weight excluding hydrogens is 252 g/mol. The lowest BCUT2D eigenvalue weighted by atomic mass is 10.2. The number of nitrogen functional groups attached to an aromatic ring is 1. The summed E-state index contributed by atoms with van der Waals surface area (Å²) in [5.41, 5.74) is 8.77. The zero-order chi connectivity index (χ0) is 13.0. The van der Waals surface area contributed by atoms with Crippen LogP contribution in [0.4, 0.5) is 10.9 Å². The fourth-order valence-corrected chi connectivity index (χ4v) is 1.80. The summed E-state index contributed by atoms with van der Waals surface area (Å²) in [4.78, 5) is 3.98. The fraction of sp³-hybridized carbons (Fsp3) is 0.0909. The normalized spacial score (nSPS) is 10.7. The number of anilines is 2. The van der Waals surface area contributed by atoms with Gasteiger partial charge in [-0.25, -0.2) is 4.98 Å². The number of nitrogens with one attached hydrogen (secondary N) is 1. The van der Waals surface area contributed by atoms with Crippen molar-refractivity contribution in [2.45, 2.75) is 0 Å². The highest BCUT2D eigenvalue weighted by Crippen LogP contribution is 2.22. The molecule has 0 spiro atoms. The van der Waals surface area contributed by atoms with Crippen molar-refractivity contribution in [1.82, 2.24) is 4.98 Å². The van der Waals surface area contributed by atoms with E-state index in [0.717, 1.165) is 0 Å². The molecule has 6 nitrogen and oxygen atoms in total. The van der Waals surface area contributed by atoms with Gasteiger partial charge in [-0.2, -0.15) is 5.10 Å². The number of hydrazone groups is 1. The molecule has 0 unspecified atom stereocenters. The third kappa shape index (κ3) is 2.89. The second-order valence-electron chi connectivity index (χ2n) is 3.37. The summed E-state index contributed by atoms with van der Waals surface area (Å²) in [6.45, 7) is 0. The second kappa shape index (κ2) is 5.37. The van der Waals surface area contributed by atoms with Gasteiger partial charge in [0.1, 0.15) is 17.3 Å². The molecule has 0 bridgehead atoms. The van der Waals surface area contributed by atoms with E-state index in [1.807, 2.05) is 0 Å². The van der Waals surface area contributed by atoms with E-state index >= 15 is 0 Å². The molecule has 1 heterocycles. The maximum absolute atomic E-state index is 9.69. The van der Waals surface area contributed by atoms with Gasteiger partial charge in [-0.3, -0.25) is 5.43 Å². The number of hydrogen-bond donors (Lipinski definition) is 3. The molecular formula is C11H12N4O2S. The summed E-state index contributed by atoms with van der Waals surface area (Å²) in [5, 5.41) is 16.0. The highest BCUT2D eigenvalue weighted by molar-refractivity contribution is 7.14. The number of hydrogen-bond acceptors (Lipinski definition) is 7. The number of benzene rings is 1. The maximum Gasteiger partial charge on any atom is 0.205 e. The average Bonchev–Trinajstić information content (AvgIpc) is 2.77. The van der Waals surface area contributed by atoms with Crippen LogP contribution in [-0.2, 0) is 0 Å². The van der Waals surface area contributed by atoms with Crippen LogP contribution in [0.1, 0.15) is 5.56 Å². The first-order valence-corrected chi connectivity index (χ1v) is 5.94. The third-order valence-corrected chi connectivity index (χ3v) is 2.89. The van der Waals surface area contributed by atoms with Crippen LogP contribution in [0, 0.1) is 0 Å². The zero-order valence-corrected chi connectivity index (χ0v) is 10.4. The first-order valence-electron chi connectivity index (χ1n) is 5.06. The Morgan fingerprint density at radius 3 is 3.00 bits per heavy atom. The Bertz CT molecular complexity index is 568. The molecule has 4 N–H and O–H groups in total. The Morgan fingerprint density at radius 2 is 2.39 bits per heavy atom. The van der Waals surface area contributed by atoms with E-state index < -0.39 is 0 Å². The predicted molar refractivity (Wildman–Crippen MR) is 72.4 cm³/mol. The van der Waals surface area contributed by atoms with Gasteiger partial charge < -0.3 is 15.6 Å². The molecule has 7 heteroatoms. The van der Waals surface area contributed by atoms with Crippen LogP contribution in [0.3, 0.4) is 0 Å². The number of nitrogens with zero attached hydrogens (tertiary/aromatic N) is 2. The predicted octanol–water partition coefficient (Wildman–Crippen LogP) is 1.89. The number of rotatable bonds is 4. The van der Waals surface area contributed by atoms with E-state index in [1.54, 1.807) is 17.5 Å². The maximum atomic E-state index is 9.69. The van der Waals surface area contributed by atoms with Crippen molar-refractivity contribution in [2.24, 2.45) is 5.10 Å². The average molecular weight is 264 g/mol. The number of aromatic nitrogens is 1. The highest BCUT2D eigenvalue weighted by Gasteiger charge is 2.00. The van der Waals surface area contributed by atoms with Gasteiger partial charge in [-0.05, 0) is 12.1 Å². The SMILES string of the molecule is COc1ccc(C=NNc2nc(N)cs2)c(O)c1. The molecule has 0 saturated heterocycles. The van der Waals surface area contributed by atoms with Gasteiger partial charge in [-0.15, -0.1) is 11.3 Å². The first-order chi connectivity index (χ1) is 8.69. The van der Waals surface area contributed by atoms with Gasteiger partial charge in [0.2, 0.25) is 5.13 Å². The standard InChI is InChI=1S/C11H12N4O2S/c1-17-8-3-2-7(9(16)4-8)5-13-15-11-14-10(12)6-18-11/h2-6,16H,12H2,1H3,(H,14,15). The van der Waals surface area contributed by atoms with E-state index in [4.69, 9.17) is 10.5 Å². The number of methoxy groups -OCH3 is 1.